The van der Waals surface area contributed by atoms with E-state index in [1.807, 2.05) is 0 Å². The van der Waals surface area contributed by atoms with Crippen LogP contribution in [-0.4, -0.2) is 24.3 Å². The van der Waals surface area contributed by atoms with Gasteiger partial charge in [-0.15, -0.1) is 0 Å². The Bertz CT molecular complexity index is 242. The first kappa shape index (κ1) is 16.2. The van der Waals surface area contributed by atoms with Crippen LogP contribution in [0.5, 0.6) is 0 Å². The molecule has 0 fully saturated rings. The quantitative estimate of drug-likeness (QED) is 0.499. The molecule has 0 radical (unpaired) electrons. The fourth-order valence-corrected chi connectivity index (χ4v) is 1.78. The normalized spacial score (nSPS) is 14.1. The van der Waals surface area contributed by atoms with Crippen LogP contribution in [0.25, 0.3) is 0 Å². The van der Waals surface area contributed by atoms with Gasteiger partial charge in [0.1, 0.15) is 0 Å². The zero-order valence-electron chi connectivity index (χ0n) is 11.4. The number of unbranched alkanes of at least 4 members (excludes halogenated alkanes) is 1. The predicted octanol–water partition coefficient (Wildman–Crippen LogP) is 3.07. The maximum Gasteiger partial charge on any atom is 0.333 e. The third-order valence-electron chi connectivity index (χ3n) is 3.36. The Morgan fingerprint density at radius 2 is 2.00 bits per heavy atom. The molecular weight excluding hydrogens is 216 g/mol. The second kappa shape index (κ2) is 8.29. The number of aliphatic hydroxyl groups excluding tert-OH is 1. The Morgan fingerprint density at radius 1 is 1.35 bits per heavy atom. The number of hydrogen-bond donors (Lipinski definition) is 1. The molecule has 0 aromatic rings. The molecule has 3 heteroatoms. The maximum absolute atomic E-state index is 11.2. The standard InChI is InChI=1S/C14H26O3/c1-5-7-8-14(6-2,11-15)9-10-17-13(16)12(3)4/h15H,3,5-11H2,1-2,4H3. The lowest BCUT2D eigenvalue weighted by Gasteiger charge is -2.30. The number of ether oxygens (including phenoxy) is 1. The highest BCUT2D eigenvalue weighted by Gasteiger charge is 2.26. The van der Waals surface area contributed by atoms with Crippen LogP contribution >= 0.6 is 0 Å². The third kappa shape index (κ3) is 5.87. The SMILES string of the molecule is C=C(C)C(=O)OCCC(CC)(CO)CCCC. The average Bonchev–Trinajstić information content (AvgIpc) is 2.33. The minimum Gasteiger partial charge on any atom is -0.462 e. The van der Waals surface area contributed by atoms with Crippen molar-refractivity contribution in [3.05, 3.63) is 12.2 Å². The fourth-order valence-electron chi connectivity index (χ4n) is 1.78. The van der Waals surface area contributed by atoms with Gasteiger partial charge in [0.15, 0.2) is 0 Å². The van der Waals surface area contributed by atoms with Crippen LogP contribution in [0.2, 0.25) is 0 Å². The molecule has 0 aliphatic heterocycles. The van der Waals surface area contributed by atoms with Gasteiger partial charge >= 0.3 is 5.97 Å². The van der Waals surface area contributed by atoms with E-state index < -0.39 is 0 Å². The average molecular weight is 242 g/mol. The van der Waals surface area contributed by atoms with Crippen molar-refractivity contribution < 1.29 is 14.6 Å². The van der Waals surface area contributed by atoms with E-state index in [1.54, 1.807) is 6.92 Å². The highest BCUT2D eigenvalue weighted by atomic mass is 16.5. The molecule has 0 bridgehead atoms. The van der Waals surface area contributed by atoms with Crippen LogP contribution in [-0.2, 0) is 9.53 Å². The maximum atomic E-state index is 11.2. The van der Waals surface area contributed by atoms with E-state index in [0.717, 1.165) is 32.1 Å². The summed E-state index contributed by atoms with van der Waals surface area (Å²) in [5.41, 5.74) is 0.329. The van der Waals surface area contributed by atoms with Gasteiger partial charge in [-0.3, -0.25) is 0 Å². The van der Waals surface area contributed by atoms with E-state index in [1.165, 1.54) is 0 Å². The monoisotopic (exact) mass is 242 g/mol. The summed E-state index contributed by atoms with van der Waals surface area (Å²) in [6, 6.07) is 0. The van der Waals surface area contributed by atoms with E-state index in [2.05, 4.69) is 20.4 Å². The lowest BCUT2D eigenvalue weighted by molar-refractivity contribution is -0.140. The van der Waals surface area contributed by atoms with Crippen molar-refractivity contribution in [2.45, 2.75) is 52.9 Å². The molecule has 0 aromatic carbocycles. The zero-order valence-corrected chi connectivity index (χ0v) is 11.4. The fraction of sp³-hybridized carbons (Fsp3) is 0.786. The lowest BCUT2D eigenvalue weighted by atomic mass is 9.78. The van der Waals surface area contributed by atoms with Crippen LogP contribution in [0.3, 0.4) is 0 Å². The van der Waals surface area contributed by atoms with Crippen molar-refractivity contribution >= 4 is 5.97 Å². The van der Waals surface area contributed by atoms with Gasteiger partial charge in [-0.1, -0.05) is 33.3 Å². The predicted molar refractivity (Wildman–Crippen MR) is 69.7 cm³/mol. The molecule has 3 nitrogen and oxygen atoms in total. The molecule has 0 saturated carbocycles. The lowest BCUT2D eigenvalue weighted by Crippen LogP contribution is -2.27. The summed E-state index contributed by atoms with van der Waals surface area (Å²) in [5, 5.41) is 9.52. The summed E-state index contributed by atoms with van der Waals surface area (Å²) in [6.45, 7) is 9.91. The molecular formula is C14H26O3. The highest BCUT2D eigenvalue weighted by Crippen LogP contribution is 2.32. The second-order valence-corrected chi connectivity index (χ2v) is 4.78. The van der Waals surface area contributed by atoms with Crippen molar-refractivity contribution in [1.82, 2.24) is 0 Å². The summed E-state index contributed by atoms with van der Waals surface area (Å²) < 4.78 is 5.09. The Kier molecular flexibility index (Phi) is 7.88. The van der Waals surface area contributed by atoms with E-state index in [4.69, 9.17) is 4.74 Å². The second-order valence-electron chi connectivity index (χ2n) is 4.78. The largest absolute Gasteiger partial charge is 0.462 e. The van der Waals surface area contributed by atoms with Gasteiger partial charge in [0.2, 0.25) is 0 Å². The summed E-state index contributed by atoms with van der Waals surface area (Å²) in [4.78, 5) is 11.2. The first-order chi connectivity index (χ1) is 8.01. The van der Waals surface area contributed by atoms with Gasteiger partial charge in [-0.05, 0) is 31.6 Å². The van der Waals surface area contributed by atoms with Gasteiger partial charge in [0.05, 0.1) is 6.61 Å². The van der Waals surface area contributed by atoms with Crippen molar-refractivity contribution in [3.63, 3.8) is 0 Å². The molecule has 0 heterocycles. The number of hydrogen-bond acceptors (Lipinski definition) is 3. The van der Waals surface area contributed by atoms with Gasteiger partial charge in [-0.25, -0.2) is 4.79 Å². The molecule has 0 rings (SSSR count). The summed E-state index contributed by atoms with van der Waals surface area (Å²) >= 11 is 0. The Hall–Kier alpha value is -0.830. The summed E-state index contributed by atoms with van der Waals surface area (Å²) in [5.74, 6) is -0.344. The molecule has 1 atom stereocenters. The first-order valence-electron chi connectivity index (χ1n) is 6.45. The summed E-state index contributed by atoms with van der Waals surface area (Å²) in [7, 11) is 0. The number of esters is 1. The molecule has 0 aliphatic carbocycles. The Labute approximate surface area is 105 Å². The number of rotatable bonds is 9. The van der Waals surface area contributed by atoms with Gasteiger partial charge in [0.25, 0.3) is 0 Å². The Morgan fingerprint density at radius 3 is 2.41 bits per heavy atom. The van der Waals surface area contributed by atoms with E-state index in [9.17, 15) is 9.90 Å². The van der Waals surface area contributed by atoms with Crippen molar-refractivity contribution in [3.8, 4) is 0 Å². The Balaban J connectivity index is 4.16. The molecule has 1 N–H and O–H groups in total. The number of aliphatic hydroxyl groups is 1. The van der Waals surface area contributed by atoms with Crippen LogP contribution in [0.15, 0.2) is 12.2 Å². The van der Waals surface area contributed by atoms with Crippen LogP contribution in [0, 0.1) is 5.41 Å². The van der Waals surface area contributed by atoms with Crippen LogP contribution in [0.4, 0.5) is 0 Å². The van der Waals surface area contributed by atoms with Crippen LogP contribution in [0.1, 0.15) is 52.9 Å². The molecule has 100 valence electrons. The molecule has 0 aromatic heterocycles. The van der Waals surface area contributed by atoms with Gasteiger partial charge in [-0.2, -0.15) is 0 Å². The van der Waals surface area contributed by atoms with Crippen molar-refractivity contribution in [2.24, 2.45) is 5.41 Å². The smallest absolute Gasteiger partial charge is 0.333 e. The van der Waals surface area contributed by atoms with Gasteiger partial charge < -0.3 is 9.84 Å². The molecule has 0 saturated heterocycles. The van der Waals surface area contributed by atoms with E-state index >= 15 is 0 Å². The number of carbonyl (C=O) groups excluding carboxylic acids is 1. The summed E-state index contributed by atoms with van der Waals surface area (Å²) in [6.07, 6.45) is 4.84. The van der Waals surface area contributed by atoms with Gasteiger partial charge in [0, 0.05) is 12.2 Å². The van der Waals surface area contributed by atoms with E-state index in [0.29, 0.717) is 12.2 Å². The molecule has 0 spiro atoms. The van der Waals surface area contributed by atoms with E-state index in [-0.39, 0.29) is 18.0 Å². The minimum atomic E-state index is -0.344. The third-order valence-corrected chi connectivity index (χ3v) is 3.36. The highest BCUT2D eigenvalue weighted by molar-refractivity contribution is 5.86. The zero-order chi connectivity index (χ0) is 13.3. The number of carbonyl (C=O) groups is 1. The first-order valence-corrected chi connectivity index (χ1v) is 6.45. The molecule has 17 heavy (non-hydrogen) atoms. The minimum absolute atomic E-state index is 0.0919. The topological polar surface area (TPSA) is 46.5 Å². The van der Waals surface area contributed by atoms with Crippen LogP contribution < -0.4 is 0 Å². The molecule has 1 unspecified atom stereocenters. The molecule has 0 amide bonds. The van der Waals surface area contributed by atoms with Crippen molar-refractivity contribution in [2.75, 3.05) is 13.2 Å². The van der Waals surface area contributed by atoms with Crippen molar-refractivity contribution in [1.29, 1.82) is 0 Å². The molecule has 0 aliphatic rings.